The zero-order chi connectivity index (χ0) is 22.0. The van der Waals surface area contributed by atoms with E-state index < -0.39 is 17.4 Å². The molecule has 9 nitrogen and oxygen atoms in total. The number of aromatic nitrogens is 4. The molecule has 0 radical (unpaired) electrons. The first kappa shape index (κ1) is 21.5. The molecule has 166 valence electrons. The molecular formula is C21H26ClN5O4. The Kier molecular flexibility index (Phi) is 6.33. The summed E-state index contributed by atoms with van der Waals surface area (Å²) < 4.78 is 8.57. The van der Waals surface area contributed by atoms with Gasteiger partial charge in [0, 0.05) is 13.1 Å². The van der Waals surface area contributed by atoms with Gasteiger partial charge in [0.15, 0.2) is 11.2 Å². The van der Waals surface area contributed by atoms with Gasteiger partial charge in [-0.05, 0) is 25.0 Å². The van der Waals surface area contributed by atoms with Crippen molar-refractivity contribution in [3.63, 3.8) is 0 Å². The third-order valence-electron chi connectivity index (χ3n) is 5.61. The van der Waals surface area contributed by atoms with Crippen molar-refractivity contribution in [2.24, 2.45) is 7.05 Å². The number of anilines is 1. The Balaban J connectivity index is 1.63. The van der Waals surface area contributed by atoms with E-state index in [4.69, 9.17) is 16.3 Å². The van der Waals surface area contributed by atoms with Crippen LogP contribution >= 0.6 is 11.6 Å². The number of halogens is 1. The molecule has 3 aromatic rings. The Morgan fingerprint density at radius 1 is 1.29 bits per heavy atom. The SMILES string of the molecule is Cn1c(=O)[nH]c(=O)c2c1nc(NC1CCCCC1)n2C[C@H](O)COc1ccccc1Cl. The number of hydrogen-bond donors (Lipinski definition) is 3. The number of imidazole rings is 1. The van der Waals surface area contributed by atoms with Crippen molar-refractivity contribution < 1.29 is 9.84 Å². The summed E-state index contributed by atoms with van der Waals surface area (Å²) in [6.07, 6.45) is 4.56. The third-order valence-corrected chi connectivity index (χ3v) is 5.92. The van der Waals surface area contributed by atoms with E-state index in [0.29, 0.717) is 16.7 Å². The van der Waals surface area contributed by atoms with E-state index in [-0.39, 0.29) is 30.4 Å². The molecule has 1 aliphatic carbocycles. The maximum atomic E-state index is 12.6. The van der Waals surface area contributed by atoms with E-state index in [9.17, 15) is 14.7 Å². The maximum Gasteiger partial charge on any atom is 0.329 e. The summed E-state index contributed by atoms with van der Waals surface area (Å²) in [4.78, 5) is 31.5. The first-order valence-electron chi connectivity index (χ1n) is 10.5. The Labute approximate surface area is 183 Å². The van der Waals surface area contributed by atoms with Crippen molar-refractivity contribution in [2.75, 3.05) is 11.9 Å². The minimum absolute atomic E-state index is 0.0179. The highest BCUT2D eigenvalue weighted by molar-refractivity contribution is 6.32. The third kappa shape index (κ3) is 4.62. The Hall–Kier alpha value is -2.78. The van der Waals surface area contributed by atoms with Gasteiger partial charge in [0.1, 0.15) is 18.5 Å². The number of hydrogen-bond acceptors (Lipinski definition) is 6. The summed E-state index contributed by atoms with van der Waals surface area (Å²) in [6, 6.07) is 7.25. The second-order valence-corrected chi connectivity index (χ2v) is 8.32. The van der Waals surface area contributed by atoms with Gasteiger partial charge in [0.25, 0.3) is 5.56 Å². The monoisotopic (exact) mass is 447 g/mol. The van der Waals surface area contributed by atoms with Crippen LogP contribution in [0.25, 0.3) is 11.2 Å². The van der Waals surface area contributed by atoms with Gasteiger partial charge >= 0.3 is 5.69 Å². The molecule has 1 saturated carbocycles. The fourth-order valence-corrected chi connectivity index (χ4v) is 4.15. The van der Waals surface area contributed by atoms with Gasteiger partial charge in [-0.15, -0.1) is 0 Å². The van der Waals surface area contributed by atoms with E-state index in [0.717, 1.165) is 25.7 Å². The quantitative estimate of drug-likeness (QED) is 0.512. The molecular weight excluding hydrogens is 422 g/mol. The molecule has 3 N–H and O–H groups in total. The van der Waals surface area contributed by atoms with Crippen molar-refractivity contribution in [1.29, 1.82) is 0 Å². The summed E-state index contributed by atoms with van der Waals surface area (Å²) in [5, 5.41) is 14.5. The number of nitrogens with one attached hydrogen (secondary N) is 2. The topological polar surface area (TPSA) is 114 Å². The molecule has 0 spiro atoms. The van der Waals surface area contributed by atoms with Gasteiger partial charge in [0.2, 0.25) is 5.95 Å². The molecule has 4 rings (SSSR count). The number of aliphatic hydroxyl groups excluding tert-OH is 1. The highest BCUT2D eigenvalue weighted by atomic mass is 35.5. The number of aryl methyl sites for hydroxylation is 1. The number of aromatic amines is 1. The lowest BCUT2D eigenvalue weighted by Gasteiger charge is -2.24. The van der Waals surface area contributed by atoms with Gasteiger partial charge in [-0.1, -0.05) is 43.0 Å². The molecule has 2 heterocycles. The Morgan fingerprint density at radius 2 is 2.03 bits per heavy atom. The van der Waals surface area contributed by atoms with Crippen molar-refractivity contribution in [1.82, 2.24) is 19.1 Å². The van der Waals surface area contributed by atoms with E-state index in [1.807, 2.05) is 0 Å². The lowest BCUT2D eigenvalue weighted by molar-refractivity contribution is 0.0938. The Bertz CT molecular complexity index is 1180. The molecule has 0 bridgehead atoms. The molecule has 0 aliphatic heterocycles. The first-order valence-corrected chi connectivity index (χ1v) is 10.8. The summed E-state index contributed by atoms with van der Waals surface area (Å²) in [7, 11) is 1.55. The predicted molar refractivity (Wildman–Crippen MR) is 119 cm³/mol. The second kappa shape index (κ2) is 9.15. The van der Waals surface area contributed by atoms with Crippen LogP contribution in [-0.4, -0.2) is 43.0 Å². The second-order valence-electron chi connectivity index (χ2n) is 7.91. The van der Waals surface area contributed by atoms with Crippen molar-refractivity contribution in [3.8, 4) is 5.75 Å². The average molecular weight is 448 g/mol. The molecule has 1 aliphatic rings. The molecule has 2 aromatic heterocycles. The number of H-pyrrole nitrogens is 1. The molecule has 0 unspecified atom stereocenters. The summed E-state index contributed by atoms with van der Waals surface area (Å²) in [5.74, 6) is 0.935. The van der Waals surface area contributed by atoms with Crippen molar-refractivity contribution in [3.05, 3.63) is 50.1 Å². The van der Waals surface area contributed by atoms with Crippen LogP contribution in [0, 0.1) is 0 Å². The zero-order valence-electron chi connectivity index (χ0n) is 17.3. The van der Waals surface area contributed by atoms with E-state index in [1.54, 1.807) is 35.9 Å². The van der Waals surface area contributed by atoms with E-state index in [1.165, 1.54) is 11.0 Å². The number of benzene rings is 1. The van der Waals surface area contributed by atoms with Gasteiger partial charge in [-0.2, -0.15) is 4.98 Å². The normalized spacial score (nSPS) is 15.8. The van der Waals surface area contributed by atoms with Crippen LogP contribution in [0.5, 0.6) is 5.75 Å². The van der Waals surface area contributed by atoms with E-state index in [2.05, 4.69) is 15.3 Å². The summed E-state index contributed by atoms with van der Waals surface area (Å²) >= 11 is 6.11. The number of nitrogens with zero attached hydrogens (tertiary/aromatic N) is 3. The average Bonchev–Trinajstić information content (AvgIpc) is 3.10. The van der Waals surface area contributed by atoms with Gasteiger partial charge in [0.05, 0.1) is 11.6 Å². The van der Waals surface area contributed by atoms with Crippen molar-refractivity contribution in [2.45, 2.75) is 50.8 Å². The zero-order valence-corrected chi connectivity index (χ0v) is 18.1. The largest absolute Gasteiger partial charge is 0.489 e. The van der Waals surface area contributed by atoms with Crippen LogP contribution in [0.4, 0.5) is 5.95 Å². The number of aliphatic hydroxyl groups is 1. The molecule has 1 aromatic carbocycles. The summed E-state index contributed by atoms with van der Waals surface area (Å²) in [5.41, 5.74) is -0.570. The minimum atomic E-state index is -0.933. The molecule has 0 saturated heterocycles. The smallest absolute Gasteiger partial charge is 0.329 e. The van der Waals surface area contributed by atoms with Crippen LogP contribution in [-0.2, 0) is 13.6 Å². The number of rotatable bonds is 7. The number of para-hydroxylation sites is 1. The molecule has 1 fully saturated rings. The number of ether oxygens (including phenoxy) is 1. The van der Waals surface area contributed by atoms with Crippen LogP contribution in [0.1, 0.15) is 32.1 Å². The van der Waals surface area contributed by atoms with Gasteiger partial charge < -0.3 is 19.7 Å². The van der Waals surface area contributed by atoms with Crippen LogP contribution in [0.15, 0.2) is 33.9 Å². The van der Waals surface area contributed by atoms with Crippen LogP contribution in [0.3, 0.4) is 0 Å². The molecule has 1 atom stereocenters. The maximum absolute atomic E-state index is 12.6. The number of fused-ring (bicyclic) bond motifs is 1. The predicted octanol–water partition coefficient (Wildman–Crippen LogP) is 2.26. The van der Waals surface area contributed by atoms with Gasteiger partial charge in [-0.3, -0.25) is 14.3 Å². The minimum Gasteiger partial charge on any atom is -0.489 e. The lowest BCUT2D eigenvalue weighted by atomic mass is 9.96. The van der Waals surface area contributed by atoms with Gasteiger partial charge in [-0.25, -0.2) is 4.79 Å². The molecule has 0 amide bonds. The highest BCUT2D eigenvalue weighted by Crippen LogP contribution is 2.25. The summed E-state index contributed by atoms with van der Waals surface area (Å²) in [6.45, 7) is 0.0488. The highest BCUT2D eigenvalue weighted by Gasteiger charge is 2.22. The first-order chi connectivity index (χ1) is 14.9. The fraction of sp³-hybridized carbons (Fsp3) is 0.476. The Morgan fingerprint density at radius 3 is 2.77 bits per heavy atom. The lowest BCUT2D eigenvalue weighted by Crippen LogP contribution is -2.31. The van der Waals surface area contributed by atoms with Crippen molar-refractivity contribution >= 4 is 28.7 Å². The standard InChI is InChI=1S/C21H26ClN5O4/c1-26-18-17(19(29)25-21(26)30)27(20(24-18)23-13-7-3-2-4-8-13)11-14(28)12-31-16-10-6-5-9-15(16)22/h5-6,9-10,13-14,28H,2-4,7-8,11-12H2,1H3,(H,23,24)(H,25,29,30)/t14-/m0/s1. The van der Waals surface area contributed by atoms with Crippen LogP contribution < -0.4 is 21.3 Å². The molecule has 31 heavy (non-hydrogen) atoms. The molecule has 10 heteroatoms. The van der Waals surface area contributed by atoms with E-state index >= 15 is 0 Å². The fourth-order valence-electron chi connectivity index (χ4n) is 3.96. The van der Waals surface area contributed by atoms with Crippen LogP contribution in [0.2, 0.25) is 5.02 Å².